The molecule has 0 atom stereocenters. The van der Waals surface area contributed by atoms with Crippen LogP contribution in [0.4, 0.5) is 15.9 Å². The van der Waals surface area contributed by atoms with E-state index in [0.717, 1.165) is 5.56 Å². The molecule has 0 fully saturated rings. The maximum absolute atomic E-state index is 13.0. The van der Waals surface area contributed by atoms with Crippen LogP contribution >= 0.6 is 27.5 Å². The van der Waals surface area contributed by atoms with Gasteiger partial charge in [0.1, 0.15) is 22.6 Å². The lowest BCUT2D eigenvalue weighted by Crippen LogP contribution is -2.01. The van der Waals surface area contributed by atoms with Gasteiger partial charge in [-0.15, -0.1) is 0 Å². The number of hydrogen-bond donors (Lipinski definition) is 1. The van der Waals surface area contributed by atoms with Crippen molar-refractivity contribution in [2.45, 2.75) is 13.8 Å². The second-order valence-electron chi connectivity index (χ2n) is 3.78. The largest absolute Gasteiger partial charge is 0.339 e. The molecule has 94 valence electrons. The van der Waals surface area contributed by atoms with E-state index >= 15 is 0 Å². The van der Waals surface area contributed by atoms with Crippen molar-refractivity contribution >= 4 is 39.0 Å². The first-order valence-corrected chi connectivity index (χ1v) is 6.37. The Morgan fingerprint density at radius 3 is 2.67 bits per heavy atom. The quantitative estimate of drug-likeness (QED) is 0.830. The van der Waals surface area contributed by atoms with Gasteiger partial charge in [-0.2, -0.15) is 0 Å². The fraction of sp³-hybridized carbons (Fsp3) is 0.167. The van der Waals surface area contributed by atoms with Gasteiger partial charge in [-0.05, 0) is 48.0 Å². The van der Waals surface area contributed by atoms with Crippen LogP contribution in [0.1, 0.15) is 11.4 Å². The van der Waals surface area contributed by atoms with Crippen LogP contribution in [0.2, 0.25) is 5.15 Å². The molecule has 0 bridgehead atoms. The van der Waals surface area contributed by atoms with Crippen LogP contribution in [0, 0.1) is 19.7 Å². The summed E-state index contributed by atoms with van der Waals surface area (Å²) in [6, 6.07) is 4.38. The zero-order chi connectivity index (χ0) is 13.3. The van der Waals surface area contributed by atoms with Crippen LogP contribution in [-0.2, 0) is 0 Å². The first kappa shape index (κ1) is 13.2. The molecule has 0 spiro atoms. The second-order valence-corrected chi connectivity index (χ2v) is 5.00. The molecule has 1 aromatic carbocycles. The molecule has 0 aliphatic heterocycles. The van der Waals surface area contributed by atoms with E-state index in [9.17, 15) is 4.39 Å². The zero-order valence-corrected chi connectivity index (χ0v) is 12.1. The molecule has 0 amide bonds. The number of aryl methyl sites for hydroxylation is 1. The van der Waals surface area contributed by atoms with E-state index in [2.05, 4.69) is 31.2 Å². The molecule has 0 aliphatic rings. The summed E-state index contributed by atoms with van der Waals surface area (Å²) in [5.74, 6) is 0.882. The van der Waals surface area contributed by atoms with E-state index < -0.39 is 0 Å². The summed E-state index contributed by atoms with van der Waals surface area (Å²) in [5, 5.41) is 3.51. The van der Waals surface area contributed by atoms with E-state index in [-0.39, 0.29) is 5.82 Å². The smallest absolute Gasteiger partial charge is 0.138 e. The number of rotatable bonds is 2. The minimum atomic E-state index is -0.305. The Hall–Kier alpha value is -1.20. The maximum Gasteiger partial charge on any atom is 0.138 e. The van der Waals surface area contributed by atoms with Crippen molar-refractivity contribution in [3.05, 3.63) is 45.0 Å². The standard InChI is InChI=1S/C12H10BrClFN3/c1-6-11(14)16-7(2)17-12(6)18-10-4-3-8(15)5-9(10)13/h3-5H,1-2H3,(H,16,17,18). The molecular weight excluding hydrogens is 321 g/mol. The van der Waals surface area contributed by atoms with Crippen LogP contribution in [0.3, 0.4) is 0 Å². The minimum absolute atomic E-state index is 0.305. The molecule has 1 heterocycles. The van der Waals surface area contributed by atoms with Crippen molar-refractivity contribution in [2.24, 2.45) is 0 Å². The number of anilines is 2. The van der Waals surface area contributed by atoms with Crippen molar-refractivity contribution in [2.75, 3.05) is 5.32 Å². The highest BCUT2D eigenvalue weighted by atomic mass is 79.9. The number of halogens is 3. The second kappa shape index (κ2) is 5.20. The fourth-order valence-electron chi connectivity index (χ4n) is 1.43. The molecular formula is C12H10BrClFN3. The summed E-state index contributed by atoms with van der Waals surface area (Å²) < 4.78 is 13.6. The van der Waals surface area contributed by atoms with Crippen molar-refractivity contribution in [3.8, 4) is 0 Å². The average Bonchev–Trinajstić information content (AvgIpc) is 2.29. The van der Waals surface area contributed by atoms with Gasteiger partial charge >= 0.3 is 0 Å². The molecule has 0 saturated carbocycles. The number of nitrogens with zero attached hydrogens (tertiary/aromatic N) is 2. The summed E-state index contributed by atoms with van der Waals surface area (Å²) in [4.78, 5) is 8.33. The van der Waals surface area contributed by atoms with Crippen molar-refractivity contribution in [3.63, 3.8) is 0 Å². The van der Waals surface area contributed by atoms with Crippen LogP contribution in [0.25, 0.3) is 0 Å². The van der Waals surface area contributed by atoms with E-state index in [4.69, 9.17) is 11.6 Å². The van der Waals surface area contributed by atoms with Gasteiger partial charge in [-0.1, -0.05) is 11.6 Å². The van der Waals surface area contributed by atoms with Gasteiger partial charge < -0.3 is 5.32 Å². The van der Waals surface area contributed by atoms with Gasteiger partial charge in [0.2, 0.25) is 0 Å². The summed E-state index contributed by atoms with van der Waals surface area (Å²) in [5.41, 5.74) is 1.46. The van der Waals surface area contributed by atoms with Crippen LogP contribution in [0.15, 0.2) is 22.7 Å². The third-order valence-electron chi connectivity index (χ3n) is 2.38. The predicted molar refractivity (Wildman–Crippen MR) is 73.9 cm³/mol. The molecule has 0 unspecified atom stereocenters. The van der Waals surface area contributed by atoms with Gasteiger partial charge in [-0.3, -0.25) is 0 Å². The number of aromatic nitrogens is 2. The highest BCUT2D eigenvalue weighted by Crippen LogP contribution is 2.28. The Morgan fingerprint density at radius 2 is 2.00 bits per heavy atom. The maximum atomic E-state index is 13.0. The molecule has 0 radical (unpaired) electrons. The lowest BCUT2D eigenvalue weighted by Gasteiger charge is -2.11. The summed E-state index contributed by atoms with van der Waals surface area (Å²) in [6.45, 7) is 3.58. The first-order chi connectivity index (χ1) is 8.47. The van der Waals surface area contributed by atoms with Gasteiger partial charge in [-0.25, -0.2) is 14.4 Å². The average molecular weight is 331 g/mol. The molecule has 1 N–H and O–H groups in total. The number of hydrogen-bond acceptors (Lipinski definition) is 3. The van der Waals surface area contributed by atoms with Gasteiger partial charge in [0, 0.05) is 10.0 Å². The van der Waals surface area contributed by atoms with Crippen molar-refractivity contribution < 1.29 is 4.39 Å². The van der Waals surface area contributed by atoms with Gasteiger partial charge in [0.25, 0.3) is 0 Å². The third kappa shape index (κ3) is 2.79. The molecule has 6 heteroatoms. The third-order valence-corrected chi connectivity index (χ3v) is 3.41. The minimum Gasteiger partial charge on any atom is -0.339 e. The Balaban J connectivity index is 2.40. The van der Waals surface area contributed by atoms with Crippen LogP contribution < -0.4 is 5.32 Å². The molecule has 0 aliphatic carbocycles. The molecule has 1 aromatic heterocycles. The topological polar surface area (TPSA) is 37.8 Å². The van der Waals surface area contributed by atoms with E-state index in [0.29, 0.717) is 27.0 Å². The Labute approximate surface area is 118 Å². The summed E-state index contributed by atoms with van der Waals surface area (Å²) in [6.07, 6.45) is 0. The normalized spacial score (nSPS) is 10.5. The van der Waals surface area contributed by atoms with Gasteiger partial charge in [0.15, 0.2) is 0 Å². The Kier molecular flexibility index (Phi) is 3.82. The molecule has 3 nitrogen and oxygen atoms in total. The Morgan fingerprint density at radius 1 is 1.28 bits per heavy atom. The van der Waals surface area contributed by atoms with E-state index in [1.807, 2.05) is 6.92 Å². The molecule has 18 heavy (non-hydrogen) atoms. The lowest BCUT2D eigenvalue weighted by atomic mass is 10.3. The van der Waals surface area contributed by atoms with Crippen molar-refractivity contribution in [1.29, 1.82) is 0 Å². The summed E-state index contributed by atoms with van der Waals surface area (Å²) >= 11 is 9.27. The fourth-order valence-corrected chi connectivity index (χ4v) is 2.10. The lowest BCUT2D eigenvalue weighted by molar-refractivity contribution is 0.627. The first-order valence-electron chi connectivity index (χ1n) is 5.20. The highest BCUT2D eigenvalue weighted by molar-refractivity contribution is 9.10. The van der Waals surface area contributed by atoms with E-state index in [1.54, 1.807) is 13.0 Å². The number of nitrogens with one attached hydrogen (secondary N) is 1. The highest BCUT2D eigenvalue weighted by Gasteiger charge is 2.09. The zero-order valence-electron chi connectivity index (χ0n) is 9.76. The SMILES string of the molecule is Cc1nc(Cl)c(C)c(Nc2ccc(F)cc2Br)n1. The summed E-state index contributed by atoms with van der Waals surface area (Å²) in [7, 11) is 0. The van der Waals surface area contributed by atoms with E-state index in [1.165, 1.54) is 12.1 Å². The monoisotopic (exact) mass is 329 g/mol. The van der Waals surface area contributed by atoms with Crippen molar-refractivity contribution in [1.82, 2.24) is 9.97 Å². The van der Waals surface area contributed by atoms with Crippen LogP contribution in [-0.4, -0.2) is 9.97 Å². The van der Waals surface area contributed by atoms with Crippen LogP contribution in [0.5, 0.6) is 0 Å². The predicted octanol–water partition coefficient (Wildman–Crippen LogP) is 4.39. The molecule has 0 saturated heterocycles. The molecule has 2 aromatic rings. The number of benzene rings is 1. The molecule has 2 rings (SSSR count). The van der Waals surface area contributed by atoms with Gasteiger partial charge in [0.05, 0.1) is 5.69 Å². The Bertz CT molecular complexity index is 604.